The summed E-state index contributed by atoms with van der Waals surface area (Å²) in [5.41, 5.74) is 1.16. The van der Waals surface area contributed by atoms with Crippen molar-refractivity contribution in [1.82, 2.24) is 0 Å². The number of benzene rings is 2. The lowest BCUT2D eigenvalue weighted by atomic mass is 10.0. The van der Waals surface area contributed by atoms with Crippen LogP contribution in [-0.2, 0) is 0 Å². The van der Waals surface area contributed by atoms with Crippen LogP contribution in [0.2, 0.25) is 10.0 Å². The molecule has 0 aromatic heterocycles. The summed E-state index contributed by atoms with van der Waals surface area (Å²) in [6, 6.07) is 10.0. The number of rotatable bonds is 2. The smallest absolute Gasteiger partial charge is 0.153 e. The van der Waals surface area contributed by atoms with Gasteiger partial charge in [0.2, 0.25) is 0 Å². The molecule has 4 heteroatoms. The lowest BCUT2D eigenvalue weighted by Crippen LogP contribution is -1.88. The second-order valence-electron chi connectivity index (χ2n) is 3.46. The van der Waals surface area contributed by atoms with E-state index in [-0.39, 0.29) is 11.3 Å². The molecule has 0 radical (unpaired) electrons. The molecule has 2 nitrogen and oxygen atoms in total. The average Bonchev–Trinajstić information content (AvgIpc) is 2.32. The Labute approximate surface area is 108 Å². The van der Waals surface area contributed by atoms with Crippen molar-refractivity contribution in [3.63, 3.8) is 0 Å². The van der Waals surface area contributed by atoms with Gasteiger partial charge in [-0.05, 0) is 18.2 Å². The molecule has 0 spiro atoms. The van der Waals surface area contributed by atoms with Gasteiger partial charge in [-0.1, -0.05) is 41.4 Å². The molecule has 0 aliphatic heterocycles. The minimum Gasteiger partial charge on any atom is -0.506 e. The van der Waals surface area contributed by atoms with Crippen molar-refractivity contribution >= 4 is 29.5 Å². The van der Waals surface area contributed by atoms with Crippen LogP contribution in [0.25, 0.3) is 11.1 Å². The van der Waals surface area contributed by atoms with Gasteiger partial charge in [-0.15, -0.1) is 0 Å². The normalized spacial score (nSPS) is 10.2. The fourth-order valence-corrected chi connectivity index (χ4v) is 2.08. The number of aromatic hydroxyl groups is 1. The zero-order chi connectivity index (χ0) is 12.4. The van der Waals surface area contributed by atoms with Crippen LogP contribution in [0.5, 0.6) is 5.75 Å². The molecular formula is C13H8Cl2O2. The van der Waals surface area contributed by atoms with Crippen molar-refractivity contribution in [2.45, 2.75) is 0 Å². The molecule has 0 bridgehead atoms. The third-order valence-corrected chi connectivity index (χ3v) is 3.07. The van der Waals surface area contributed by atoms with Gasteiger partial charge in [-0.25, -0.2) is 0 Å². The molecule has 0 saturated heterocycles. The Bertz CT molecular complexity index is 580. The van der Waals surface area contributed by atoms with Gasteiger partial charge in [0.15, 0.2) is 6.29 Å². The molecule has 2 rings (SSSR count). The van der Waals surface area contributed by atoms with Gasteiger partial charge in [0.1, 0.15) is 5.75 Å². The first-order valence-electron chi connectivity index (χ1n) is 4.86. The molecule has 0 heterocycles. The topological polar surface area (TPSA) is 37.3 Å². The van der Waals surface area contributed by atoms with E-state index in [4.69, 9.17) is 23.2 Å². The maximum atomic E-state index is 10.8. The summed E-state index contributed by atoms with van der Waals surface area (Å²) in [6.45, 7) is 0. The summed E-state index contributed by atoms with van der Waals surface area (Å²) >= 11 is 12.1. The minimum atomic E-state index is -0.152. The van der Waals surface area contributed by atoms with Crippen LogP contribution in [0, 0.1) is 0 Å². The zero-order valence-electron chi connectivity index (χ0n) is 8.65. The van der Waals surface area contributed by atoms with Crippen molar-refractivity contribution in [2.24, 2.45) is 0 Å². The monoisotopic (exact) mass is 266 g/mol. The summed E-state index contributed by atoms with van der Waals surface area (Å²) in [4.78, 5) is 10.8. The van der Waals surface area contributed by atoms with Gasteiger partial charge in [0.25, 0.3) is 0 Å². The fraction of sp³-hybridized carbons (Fsp3) is 0. The first-order valence-corrected chi connectivity index (χ1v) is 5.62. The van der Waals surface area contributed by atoms with Gasteiger partial charge < -0.3 is 5.11 Å². The highest BCUT2D eigenvalue weighted by molar-refractivity contribution is 6.37. The molecule has 0 atom stereocenters. The molecule has 1 N–H and O–H groups in total. The summed E-state index contributed by atoms with van der Waals surface area (Å²) in [5, 5.41) is 10.8. The van der Waals surface area contributed by atoms with Gasteiger partial charge in [-0.2, -0.15) is 0 Å². The molecule has 2 aromatic rings. The third-order valence-electron chi connectivity index (χ3n) is 2.43. The van der Waals surface area contributed by atoms with Crippen molar-refractivity contribution in [2.75, 3.05) is 0 Å². The largest absolute Gasteiger partial charge is 0.506 e. The molecule has 0 unspecified atom stereocenters. The second kappa shape index (κ2) is 4.78. The van der Waals surface area contributed by atoms with Crippen molar-refractivity contribution < 1.29 is 9.90 Å². The summed E-state index contributed by atoms with van der Waals surface area (Å²) in [5.74, 6) is -0.152. The summed E-state index contributed by atoms with van der Waals surface area (Å²) < 4.78 is 0. The van der Waals surface area contributed by atoms with Crippen LogP contribution >= 0.6 is 23.2 Å². The van der Waals surface area contributed by atoms with E-state index in [0.717, 1.165) is 0 Å². The highest BCUT2D eigenvalue weighted by Crippen LogP contribution is 2.40. The Hall–Kier alpha value is -1.51. The van der Waals surface area contributed by atoms with E-state index < -0.39 is 0 Å². The van der Waals surface area contributed by atoms with Gasteiger partial charge in [0, 0.05) is 16.1 Å². The summed E-state index contributed by atoms with van der Waals surface area (Å²) in [7, 11) is 0. The van der Waals surface area contributed by atoms with Crippen LogP contribution in [0.1, 0.15) is 10.4 Å². The van der Waals surface area contributed by atoms with Gasteiger partial charge in [0.05, 0.1) is 10.6 Å². The van der Waals surface area contributed by atoms with E-state index in [1.54, 1.807) is 30.3 Å². The van der Waals surface area contributed by atoms with Crippen LogP contribution in [0.15, 0.2) is 36.4 Å². The fourth-order valence-electron chi connectivity index (χ4n) is 1.60. The Balaban J connectivity index is 2.75. The van der Waals surface area contributed by atoms with Gasteiger partial charge >= 0.3 is 0 Å². The molecule has 86 valence electrons. The first-order chi connectivity index (χ1) is 8.15. The molecular weight excluding hydrogens is 259 g/mol. The van der Waals surface area contributed by atoms with Crippen LogP contribution in [-0.4, -0.2) is 11.4 Å². The maximum Gasteiger partial charge on any atom is 0.153 e. The molecule has 2 aromatic carbocycles. The molecule has 0 saturated carbocycles. The highest BCUT2D eigenvalue weighted by Gasteiger charge is 2.15. The molecule has 17 heavy (non-hydrogen) atoms. The molecule has 0 amide bonds. The molecule has 0 aliphatic carbocycles. The van der Waals surface area contributed by atoms with Crippen LogP contribution in [0.3, 0.4) is 0 Å². The highest BCUT2D eigenvalue weighted by atomic mass is 35.5. The number of halogens is 2. The maximum absolute atomic E-state index is 10.8. The van der Waals surface area contributed by atoms with Crippen LogP contribution in [0.4, 0.5) is 0 Å². The van der Waals surface area contributed by atoms with E-state index in [9.17, 15) is 9.90 Å². The Kier molecular flexibility index (Phi) is 3.36. The predicted octanol–water partition coefficient (Wildman–Crippen LogP) is 4.18. The lowest BCUT2D eigenvalue weighted by molar-refractivity contribution is 0.112. The number of hydrogen-bond donors (Lipinski definition) is 1. The number of phenols is 1. The number of carbonyl (C=O) groups is 1. The zero-order valence-corrected chi connectivity index (χ0v) is 10.2. The molecule has 0 aliphatic rings. The number of phenolic OH excluding ortho intramolecular Hbond substituents is 1. The second-order valence-corrected chi connectivity index (χ2v) is 4.27. The minimum absolute atomic E-state index is 0.152. The lowest BCUT2D eigenvalue weighted by Gasteiger charge is -2.10. The van der Waals surface area contributed by atoms with Crippen molar-refractivity contribution in [3.05, 3.63) is 52.0 Å². The first kappa shape index (κ1) is 12.0. The summed E-state index contributed by atoms with van der Waals surface area (Å²) in [6.07, 6.45) is 0.575. The predicted molar refractivity (Wildman–Crippen MR) is 69.0 cm³/mol. The third kappa shape index (κ3) is 2.14. The van der Waals surface area contributed by atoms with E-state index in [2.05, 4.69) is 0 Å². The number of aldehydes is 1. The number of hydrogen-bond acceptors (Lipinski definition) is 2. The van der Waals surface area contributed by atoms with E-state index >= 15 is 0 Å². The Morgan fingerprint density at radius 1 is 1.00 bits per heavy atom. The van der Waals surface area contributed by atoms with E-state index in [1.165, 1.54) is 6.07 Å². The Morgan fingerprint density at radius 3 is 2.35 bits per heavy atom. The quantitative estimate of drug-likeness (QED) is 0.829. The van der Waals surface area contributed by atoms with E-state index in [1.807, 2.05) is 0 Å². The number of carbonyl (C=O) groups excluding carboxylic acids is 1. The van der Waals surface area contributed by atoms with Crippen molar-refractivity contribution in [1.29, 1.82) is 0 Å². The van der Waals surface area contributed by atoms with Crippen molar-refractivity contribution in [3.8, 4) is 16.9 Å². The standard InChI is InChI=1S/C13H8Cl2O2/c14-10-4-2-1-3-9(10)12-11(15)6-5-8(7-16)13(12)17/h1-7,17H. The average molecular weight is 267 g/mol. The Morgan fingerprint density at radius 2 is 1.71 bits per heavy atom. The molecule has 0 fully saturated rings. The van der Waals surface area contributed by atoms with E-state index in [0.29, 0.717) is 27.5 Å². The SMILES string of the molecule is O=Cc1ccc(Cl)c(-c2ccccc2Cl)c1O. The van der Waals surface area contributed by atoms with Gasteiger partial charge in [-0.3, -0.25) is 4.79 Å². The van der Waals surface area contributed by atoms with Crippen LogP contribution < -0.4 is 0 Å².